The van der Waals surface area contributed by atoms with E-state index < -0.39 is 0 Å². The quantitative estimate of drug-likeness (QED) is 0.720. The molecular weight excluding hydrogens is 388 g/mol. The van der Waals surface area contributed by atoms with Gasteiger partial charge >= 0.3 is 0 Å². The fraction of sp³-hybridized carbons (Fsp3) is 0.429. The fourth-order valence-electron chi connectivity index (χ4n) is 3.30. The summed E-state index contributed by atoms with van der Waals surface area (Å²) in [5.41, 5.74) is 1.25. The summed E-state index contributed by atoms with van der Waals surface area (Å²) in [4.78, 5) is 44.2. The lowest BCUT2D eigenvalue weighted by Crippen LogP contribution is -2.50. The van der Waals surface area contributed by atoms with E-state index in [1.54, 1.807) is 16.5 Å². The number of anilines is 1. The highest BCUT2D eigenvalue weighted by molar-refractivity contribution is 7.13. The highest BCUT2D eigenvalue weighted by Crippen LogP contribution is 2.12. The number of carbonyl (C=O) groups excluding carboxylic acids is 3. The molecule has 1 aliphatic rings. The predicted octanol–water partition coefficient (Wildman–Crippen LogP) is 2.56. The highest BCUT2D eigenvalue weighted by atomic mass is 32.1. The molecule has 1 aromatic heterocycles. The molecule has 8 heteroatoms. The lowest BCUT2D eigenvalue weighted by atomic mass is 10.1. The summed E-state index contributed by atoms with van der Waals surface area (Å²) >= 11 is 1.34. The fourth-order valence-corrected chi connectivity index (χ4v) is 3.84. The number of carbonyl (C=O) groups is 3. The van der Waals surface area contributed by atoms with Crippen LogP contribution >= 0.6 is 11.3 Å². The van der Waals surface area contributed by atoms with Gasteiger partial charge < -0.3 is 15.1 Å². The average Bonchev–Trinajstić information content (AvgIpc) is 3.26. The Morgan fingerprint density at radius 1 is 0.931 bits per heavy atom. The van der Waals surface area contributed by atoms with Crippen LogP contribution in [0.1, 0.15) is 31.2 Å². The van der Waals surface area contributed by atoms with Crippen LogP contribution < -0.4 is 5.32 Å². The van der Waals surface area contributed by atoms with Gasteiger partial charge in [0.1, 0.15) is 0 Å². The summed E-state index contributed by atoms with van der Waals surface area (Å²) in [7, 11) is 0. The van der Waals surface area contributed by atoms with Gasteiger partial charge in [-0.05, 0) is 18.4 Å². The van der Waals surface area contributed by atoms with Gasteiger partial charge in [-0.3, -0.25) is 14.4 Å². The van der Waals surface area contributed by atoms with Crippen LogP contribution in [0.25, 0.3) is 0 Å². The Labute approximate surface area is 174 Å². The second-order valence-electron chi connectivity index (χ2n) is 6.99. The number of aromatic nitrogens is 1. The van der Waals surface area contributed by atoms with E-state index in [1.165, 1.54) is 16.9 Å². The van der Waals surface area contributed by atoms with Crippen molar-refractivity contribution >= 4 is 34.2 Å². The van der Waals surface area contributed by atoms with Crippen molar-refractivity contribution < 1.29 is 14.4 Å². The summed E-state index contributed by atoms with van der Waals surface area (Å²) in [6.45, 7) is 2.16. The summed E-state index contributed by atoms with van der Waals surface area (Å²) in [6.07, 6.45) is 4.18. The largest absolute Gasteiger partial charge is 0.339 e. The third-order valence-electron chi connectivity index (χ3n) is 4.93. The van der Waals surface area contributed by atoms with E-state index in [2.05, 4.69) is 22.4 Å². The third kappa shape index (κ3) is 6.67. The molecule has 154 valence electrons. The monoisotopic (exact) mass is 414 g/mol. The first-order valence-corrected chi connectivity index (χ1v) is 10.8. The molecule has 1 aromatic carbocycles. The molecule has 3 rings (SSSR count). The molecule has 0 saturated carbocycles. The van der Waals surface area contributed by atoms with Gasteiger partial charge in [0.15, 0.2) is 5.13 Å². The van der Waals surface area contributed by atoms with Crippen molar-refractivity contribution in [2.45, 2.75) is 32.1 Å². The SMILES string of the molecule is O=C(CCC(=O)N1CCN(C(=O)CCCc2ccccc2)CC1)Nc1nccs1. The smallest absolute Gasteiger partial charge is 0.226 e. The first-order valence-electron chi connectivity index (χ1n) is 9.90. The summed E-state index contributed by atoms with van der Waals surface area (Å²) in [6, 6.07) is 10.2. The molecule has 1 saturated heterocycles. The number of hydrogen-bond donors (Lipinski definition) is 1. The van der Waals surface area contributed by atoms with E-state index in [9.17, 15) is 14.4 Å². The van der Waals surface area contributed by atoms with Crippen molar-refractivity contribution in [1.29, 1.82) is 0 Å². The molecule has 1 aliphatic heterocycles. The van der Waals surface area contributed by atoms with Gasteiger partial charge in [-0.2, -0.15) is 0 Å². The number of rotatable bonds is 8. The molecule has 3 amide bonds. The van der Waals surface area contributed by atoms with Crippen molar-refractivity contribution in [1.82, 2.24) is 14.8 Å². The van der Waals surface area contributed by atoms with Crippen LogP contribution in [0.3, 0.4) is 0 Å². The number of thiazole rings is 1. The lowest BCUT2D eigenvalue weighted by molar-refractivity contribution is -0.140. The summed E-state index contributed by atoms with van der Waals surface area (Å²) in [5.74, 6) is -0.105. The van der Waals surface area contributed by atoms with Crippen LogP contribution in [0, 0.1) is 0 Å². The van der Waals surface area contributed by atoms with Crippen LogP contribution in [-0.2, 0) is 20.8 Å². The van der Waals surface area contributed by atoms with Crippen molar-refractivity contribution in [3.05, 3.63) is 47.5 Å². The van der Waals surface area contributed by atoms with E-state index in [0.717, 1.165) is 12.8 Å². The topological polar surface area (TPSA) is 82.6 Å². The molecule has 7 nitrogen and oxygen atoms in total. The van der Waals surface area contributed by atoms with Gasteiger partial charge in [-0.15, -0.1) is 11.3 Å². The molecule has 0 aliphatic carbocycles. The second-order valence-corrected chi connectivity index (χ2v) is 7.88. The van der Waals surface area contributed by atoms with Gasteiger partial charge in [-0.1, -0.05) is 30.3 Å². The molecular formula is C21H26N4O3S. The standard InChI is InChI=1S/C21H26N4O3S/c26-18(23-21-22-11-16-29-21)9-10-20(28)25-14-12-24(13-15-25)19(27)8-4-7-17-5-2-1-3-6-17/h1-3,5-6,11,16H,4,7-10,12-15H2,(H,22,23,26). The Bertz CT molecular complexity index is 803. The normalized spacial score (nSPS) is 13.9. The average molecular weight is 415 g/mol. The molecule has 0 spiro atoms. The minimum atomic E-state index is -0.208. The number of nitrogens with zero attached hydrogens (tertiary/aromatic N) is 3. The number of aryl methyl sites for hydroxylation is 1. The van der Waals surface area contributed by atoms with Gasteiger partial charge in [0, 0.05) is 57.0 Å². The van der Waals surface area contributed by atoms with E-state index in [4.69, 9.17) is 0 Å². The first kappa shape index (κ1) is 21.0. The molecule has 0 unspecified atom stereocenters. The van der Waals surface area contributed by atoms with Crippen molar-refractivity contribution in [3.8, 4) is 0 Å². The first-order chi connectivity index (χ1) is 14.1. The van der Waals surface area contributed by atoms with Crippen LogP contribution in [0.4, 0.5) is 5.13 Å². The highest BCUT2D eigenvalue weighted by Gasteiger charge is 2.24. The number of nitrogens with one attached hydrogen (secondary N) is 1. The van der Waals surface area contributed by atoms with E-state index in [0.29, 0.717) is 37.7 Å². The molecule has 0 radical (unpaired) electrons. The van der Waals surface area contributed by atoms with Gasteiger partial charge in [0.05, 0.1) is 0 Å². The Morgan fingerprint density at radius 3 is 2.21 bits per heavy atom. The number of hydrogen-bond acceptors (Lipinski definition) is 5. The molecule has 1 N–H and O–H groups in total. The van der Waals surface area contributed by atoms with E-state index in [1.807, 2.05) is 23.1 Å². The minimum Gasteiger partial charge on any atom is -0.339 e. The van der Waals surface area contributed by atoms with Crippen LogP contribution in [0.2, 0.25) is 0 Å². The van der Waals surface area contributed by atoms with Crippen LogP contribution in [0.5, 0.6) is 0 Å². The maximum atomic E-state index is 12.4. The van der Waals surface area contributed by atoms with Crippen LogP contribution in [0.15, 0.2) is 41.9 Å². The summed E-state index contributed by atoms with van der Waals surface area (Å²) < 4.78 is 0. The zero-order valence-corrected chi connectivity index (χ0v) is 17.2. The van der Waals surface area contributed by atoms with Crippen LogP contribution in [-0.4, -0.2) is 58.7 Å². The van der Waals surface area contributed by atoms with E-state index in [-0.39, 0.29) is 30.6 Å². The maximum absolute atomic E-state index is 12.4. The zero-order chi connectivity index (χ0) is 20.5. The van der Waals surface area contributed by atoms with Crippen molar-refractivity contribution in [3.63, 3.8) is 0 Å². The minimum absolute atomic E-state index is 0.0459. The van der Waals surface area contributed by atoms with E-state index >= 15 is 0 Å². The Balaban J connectivity index is 1.32. The summed E-state index contributed by atoms with van der Waals surface area (Å²) in [5, 5.41) is 5.00. The number of piperazine rings is 1. The van der Waals surface area contributed by atoms with Gasteiger partial charge in [0.25, 0.3) is 0 Å². The Kier molecular flexibility index (Phi) is 7.75. The maximum Gasteiger partial charge on any atom is 0.226 e. The molecule has 2 aromatic rings. The number of benzene rings is 1. The molecule has 29 heavy (non-hydrogen) atoms. The molecule has 0 atom stereocenters. The van der Waals surface area contributed by atoms with Crippen molar-refractivity contribution in [2.75, 3.05) is 31.5 Å². The van der Waals surface area contributed by atoms with Crippen molar-refractivity contribution in [2.24, 2.45) is 0 Å². The molecule has 2 heterocycles. The van der Waals surface area contributed by atoms with Gasteiger partial charge in [-0.25, -0.2) is 4.98 Å². The Hall–Kier alpha value is -2.74. The zero-order valence-electron chi connectivity index (χ0n) is 16.4. The Morgan fingerprint density at radius 2 is 1.59 bits per heavy atom. The van der Waals surface area contributed by atoms with Gasteiger partial charge in [0.2, 0.25) is 17.7 Å². The third-order valence-corrected chi connectivity index (χ3v) is 5.62. The number of amides is 3. The second kappa shape index (κ2) is 10.7. The lowest BCUT2D eigenvalue weighted by Gasteiger charge is -2.35. The molecule has 1 fully saturated rings. The predicted molar refractivity (Wildman–Crippen MR) is 113 cm³/mol. The molecule has 0 bridgehead atoms.